The first kappa shape index (κ1) is 23.9. The molecule has 1 aromatic heterocycles. The zero-order valence-corrected chi connectivity index (χ0v) is 19.8. The summed E-state index contributed by atoms with van der Waals surface area (Å²) in [5.41, 5.74) is 2.35. The van der Waals surface area contributed by atoms with E-state index in [1.807, 2.05) is 65.2 Å². The number of anilines is 1. The lowest BCUT2D eigenvalue weighted by molar-refractivity contribution is -0.384. The number of nitro groups is 1. The predicted molar refractivity (Wildman–Crippen MR) is 137 cm³/mol. The quantitative estimate of drug-likeness (QED) is 0.139. The van der Waals surface area contributed by atoms with Gasteiger partial charge in [-0.2, -0.15) is 0 Å². The standard InChI is InChI=1S/C26H23N5O3S/c1-3-16-30-24(20-12-8-5-9-13-20)28-29-26(30)35-23(19-10-6-4-7-11-19)25(32)27-21-15-14-18(2)17-22(21)31(33)34/h3-15,17,23H,1,16H2,2H3,(H,27,32). The largest absolute Gasteiger partial charge is 0.319 e. The van der Waals surface area contributed by atoms with Gasteiger partial charge >= 0.3 is 0 Å². The molecule has 1 N–H and O–H groups in total. The number of benzene rings is 3. The van der Waals surface area contributed by atoms with Crippen molar-refractivity contribution < 1.29 is 9.72 Å². The molecule has 1 atom stereocenters. The SMILES string of the molecule is C=CCn1c(SC(C(=O)Nc2ccc(C)cc2[N+](=O)[O-])c2ccccc2)nnc1-c1ccccc1. The lowest BCUT2D eigenvalue weighted by Crippen LogP contribution is -2.20. The average molecular weight is 486 g/mol. The molecule has 1 unspecified atom stereocenters. The Morgan fingerprint density at radius 2 is 1.80 bits per heavy atom. The molecule has 1 heterocycles. The first-order valence-corrected chi connectivity index (χ1v) is 11.7. The number of hydrogen-bond acceptors (Lipinski definition) is 6. The predicted octanol–water partition coefficient (Wildman–Crippen LogP) is 5.82. The van der Waals surface area contributed by atoms with Crippen LogP contribution >= 0.6 is 11.8 Å². The first-order valence-electron chi connectivity index (χ1n) is 10.8. The Morgan fingerprint density at radius 1 is 1.11 bits per heavy atom. The molecule has 176 valence electrons. The van der Waals surface area contributed by atoms with Gasteiger partial charge in [0.15, 0.2) is 11.0 Å². The summed E-state index contributed by atoms with van der Waals surface area (Å²) in [6.45, 7) is 6.06. The zero-order chi connectivity index (χ0) is 24.8. The number of allylic oxidation sites excluding steroid dienone is 1. The van der Waals surface area contributed by atoms with Crippen LogP contribution in [0.2, 0.25) is 0 Å². The number of amides is 1. The molecule has 0 saturated carbocycles. The van der Waals surface area contributed by atoms with Gasteiger partial charge in [0.2, 0.25) is 5.91 Å². The summed E-state index contributed by atoms with van der Waals surface area (Å²) < 4.78 is 1.89. The summed E-state index contributed by atoms with van der Waals surface area (Å²) in [4.78, 5) is 24.5. The topological polar surface area (TPSA) is 103 Å². The van der Waals surface area contributed by atoms with Gasteiger partial charge in [0.05, 0.1) is 4.92 Å². The van der Waals surface area contributed by atoms with E-state index in [4.69, 9.17) is 0 Å². The van der Waals surface area contributed by atoms with Crippen LogP contribution in [0.3, 0.4) is 0 Å². The molecular weight excluding hydrogens is 462 g/mol. The molecular formula is C26H23N5O3S. The number of aromatic nitrogens is 3. The Labute approximate surface area is 206 Å². The molecule has 0 saturated heterocycles. The van der Waals surface area contributed by atoms with Gasteiger partial charge in [-0.3, -0.25) is 19.5 Å². The van der Waals surface area contributed by atoms with Crippen LogP contribution in [0, 0.1) is 17.0 Å². The highest BCUT2D eigenvalue weighted by Gasteiger charge is 2.27. The number of nitro benzene ring substituents is 1. The number of carbonyl (C=O) groups excluding carboxylic acids is 1. The van der Waals surface area contributed by atoms with Crippen LogP contribution < -0.4 is 5.32 Å². The number of thioether (sulfide) groups is 1. The summed E-state index contributed by atoms with van der Waals surface area (Å²) in [5.74, 6) is 0.261. The highest BCUT2D eigenvalue weighted by atomic mass is 32.2. The first-order chi connectivity index (χ1) is 17.0. The van der Waals surface area contributed by atoms with Crippen LogP contribution in [0.15, 0.2) is 96.7 Å². The maximum absolute atomic E-state index is 13.5. The molecule has 3 aromatic carbocycles. The summed E-state index contributed by atoms with van der Waals surface area (Å²) in [5, 5.41) is 22.8. The number of rotatable bonds is 9. The fourth-order valence-corrected chi connectivity index (χ4v) is 4.62. The second-order valence-electron chi connectivity index (χ2n) is 7.75. The van der Waals surface area contributed by atoms with Crippen molar-refractivity contribution in [3.05, 3.63) is 113 Å². The zero-order valence-electron chi connectivity index (χ0n) is 19.0. The Bertz CT molecular complexity index is 1360. The number of aryl methyl sites for hydroxylation is 1. The second-order valence-corrected chi connectivity index (χ2v) is 8.82. The van der Waals surface area contributed by atoms with Crippen molar-refractivity contribution in [2.45, 2.75) is 23.9 Å². The maximum atomic E-state index is 13.5. The molecule has 0 radical (unpaired) electrons. The van der Waals surface area contributed by atoms with E-state index in [1.54, 1.807) is 25.1 Å². The van der Waals surface area contributed by atoms with E-state index < -0.39 is 16.1 Å². The lowest BCUT2D eigenvalue weighted by Gasteiger charge is -2.17. The third-order valence-electron chi connectivity index (χ3n) is 5.23. The molecule has 0 fully saturated rings. The van der Waals surface area contributed by atoms with Crippen molar-refractivity contribution in [3.63, 3.8) is 0 Å². The van der Waals surface area contributed by atoms with Crippen LogP contribution in [0.4, 0.5) is 11.4 Å². The van der Waals surface area contributed by atoms with Crippen LogP contribution in [0.25, 0.3) is 11.4 Å². The third kappa shape index (κ3) is 5.47. The summed E-state index contributed by atoms with van der Waals surface area (Å²) >= 11 is 1.23. The Kier molecular flexibility index (Phi) is 7.37. The normalized spacial score (nSPS) is 11.6. The fraction of sp³-hybridized carbons (Fsp3) is 0.115. The smallest absolute Gasteiger partial charge is 0.293 e. The van der Waals surface area contributed by atoms with Crippen LogP contribution in [-0.2, 0) is 11.3 Å². The molecule has 35 heavy (non-hydrogen) atoms. The van der Waals surface area contributed by atoms with Crippen molar-refractivity contribution in [1.82, 2.24) is 14.8 Å². The van der Waals surface area contributed by atoms with Gasteiger partial charge in [-0.1, -0.05) is 84.6 Å². The third-order valence-corrected chi connectivity index (χ3v) is 6.47. The maximum Gasteiger partial charge on any atom is 0.293 e. The molecule has 0 bridgehead atoms. The highest BCUT2D eigenvalue weighted by Crippen LogP contribution is 2.37. The van der Waals surface area contributed by atoms with E-state index in [1.165, 1.54) is 17.8 Å². The van der Waals surface area contributed by atoms with Gasteiger partial charge in [-0.25, -0.2) is 0 Å². The van der Waals surface area contributed by atoms with Crippen molar-refractivity contribution in [2.24, 2.45) is 0 Å². The van der Waals surface area contributed by atoms with E-state index in [0.717, 1.165) is 16.7 Å². The number of nitrogens with one attached hydrogen (secondary N) is 1. The van der Waals surface area contributed by atoms with Crippen molar-refractivity contribution >= 4 is 29.0 Å². The van der Waals surface area contributed by atoms with E-state index in [2.05, 4.69) is 22.1 Å². The summed E-state index contributed by atoms with van der Waals surface area (Å²) in [7, 11) is 0. The summed E-state index contributed by atoms with van der Waals surface area (Å²) in [6, 6.07) is 23.6. The minimum Gasteiger partial charge on any atom is -0.319 e. The molecule has 0 aliphatic rings. The van der Waals surface area contributed by atoms with E-state index in [0.29, 0.717) is 17.5 Å². The van der Waals surface area contributed by atoms with Gasteiger partial charge in [0.1, 0.15) is 10.9 Å². The summed E-state index contributed by atoms with van der Waals surface area (Å²) in [6.07, 6.45) is 1.74. The molecule has 0 aliphatic carbocycles. The van der Waals surface area contributed by atoms with Gasteiger partial charge in [-0.15, -0.1) is 16.8 Å². The molecule has 4 aromatic rings. The minimum absolute atomic E-state index is 0.143. The molecule has 8 nitrogen and oxygen atoms in total. The van der Waals surface area contributed by atoms with Crippen LogP contribution in [0.5, 0.6) is 0 Å². The van der Waals surface area contributed by atoms with Crippen molar-refractivity contribution in [1.29, 1.82) is 0 Å². The average Bonchev–Trinajstić information content (AvgIpc) is 3.27. The molecule has 9 heteroatoms. The van der Waals surface area contributed by atoms with Gasteiger partial charge in [0, 0.05) is 18.2 Å². The monoisotopic (exact) mass is 485 g/mol. The molecule has 0 aliphatic heterocycles. The van der Waals surface area contributed by atoms with Gasteiger partial charge in [-0.05, 0) is 24.1 Å². The number of nitrogens with zero attached hydrogens (tertiary/aromatic N) is 4. The van der Waals surface area contributed by atoms with Gasteiger partial charge in [0.25, 0.3) is 5.69 Å². The highest BCUT2D eigenvalue weighted by molar-refractivity contribution is 8.00. The Hall–Kier alpha value is -4.24. The van der Waals surface area contributed by atoms with Crippen LogP contribution in [0.1, 0.15) is 16.4 Å². The fourth-order valence-electron chi connectivity index (χ4n) is 3.57. The van der Waals surface area contributed by atoms with E-state index >= 15 is 0 Å². The van der Waals surface area contributed by atoms with E-state index in [-0.39, 0.29) is 11.4 Å². The second kappa shape index (κ2) is 10.8. The van der Waals surface area contributed by atoms with Crippen LogP contribution in [-0.4, -0.2) is 25.6 Å². The Morgan fingerprint density at radius 3 is 2.46 bits per heavy atom. The molecule has 1 amide bonds. The molecule has 4 rings (SSSR count). The van der Waals surface area contributed by atoms with Crippen molar-refractivity contribution in [2.75, 3.05) is 5.32 Å². The lowest BCUT2D eigenvalue weighted by atomic mass is 10.1. The number of carbonyl (C=O) groups is 1. The molecule has 0 spiro atoms. The number of hydrogen-bond donors (Lipinski definition) is 1. The minimum atomic E-state index is -0.728. The van der Waals surface area contributed by atoms with Gasteiger partial charge < -0.3 is 5.32 Å². The van der Waals surface area contributed by atoms with E-state index in [9.17, 15) is 14.9 Å². The Balaban J connectivity index is 1.70. The van der Waals surface area contributed by atoms with Crippen molar-refractivity contribution in [3.8, 4) is 11.4 Å².